The van der Waals surface area contributed by atoms with Gasteiger partial charge in [0.1, 0.15) is 0 Å². The van der Waals surface area contributed by atoms with Crippen LogP contribution in [0.2, 0.25) is 0 Å². The number of likely N-dealkylation sites (tertiary alicyclic amines) is 1. The Hall–Kier alpha value is -1.04. The molecule has 0 bridgehead atoms. The van der Waals surface area contributed by atoms with Crippen LogP contribution in [0.15, 0.2) is 0 Å². The first-order chi connectivity index (χ1) is 4.77. The van der Waals surface area contributed by atoms with Gasteiger partial charge in [-0.05, 0) is 6.92 Å². The van der Waals surface area contributed by atoms with E-state index in [-0.39, 0.29) is 11.8 Å². The number of amides is 1. The number of nitrogens with zero attached hydrogens (tertiary/aromatic N) is 2. The standard InChI is InChI=1S/C7H10N2O/c1-2-9-5-6(4-8)3-7(9)10/h6H,2-3,5H2,1H3/t6-/m1/s1. The summed E-state index contributed by atoms with van der Waals surface area (Å²) in [7, 11) is 0. The lowest BCUT2D eigenvalue weighted by Gasteiger charge is -2.10. The Morgan fingerprint density at radius 3 is 2.90 bits per heavy atom. The first-order valence-corrected chi connectivity index (χ1v) is 3.45. The first kappa shape index (κ1) is 7.07. The summed E-state index contributed by atoms with van der Waals surface area (Å²) in [6, 6.07) is 2.10. The molecule has 0 radical (unpaired) electrons. The van der Waals surface area contributed by atoms with E-state index in [2.05, 4.69) is 6.07 Å². The number of carbonyl (C=O) groups is 1. The minimum absolute atomic E-state index is 0.0625. The monoisotopic (exact) mass is 138 g/mol. The van der Waals surface area contributed by atoms with Crippen LogP contribution in [-0.4, -0.2) is 23.9 Å². The number of nitriles is 1. The molecule has 1 amide bonds. The molecule has 0 aromatic carbocycles. The van der Waals surface area contributed by atoms with Gasteiger partial charge in [0, 0.05) is 19.5 Å². The molecular formula is C7H10N2O. The summed E-state index contributed by atoms with van der Waals surface area (Å²) < 4.78 is 0. The average Bonchev–Trinajstić information content (AvgIpc) is 2.30. The SMILES string of the molecule is CCN1C[C@@H](C#N)CC1=O. The number of hydrogen-bond acceptors (Lipinski definition) is 2. The van der Waals surface area contributed by atoms with Crippen molar-refractivity contribution in [3.8, 4) is 6.07 Å². The molecule has 1 aliphatic heterocycles. The van der Waals surface area contributed by atoms with Gasteiger partial charge in [-0.3, -0.25) is 4.79 Å². The quantitative estimate of drug-likeness (QED) is 0.525. The molecular weight excluding hydrogens is 128 g/mol. The van der Waals surface area contributed by atoms with Crippen LogP contribution in [0, 0.1) is 17.2 Å². The van der Waals surface area contributed by atoms with Gasteiger partial charge in [0.25, 0.3) is 0 Å². The van der Waals surface area contributed by atoms with Crippen LogP contribution in [-0.2, 0) is 4.79 Å². The van der Waals surface area contributed by atoms with Crippen molar-refractivity contribution in [2.75, 3.05) is 13.1 Å². The van der Waals surface area contributed by atoms with Crippen LogP contribution >= 0.6 is 0 Å². The Labute approximate surface area is 60.2 Å². The lowest BCUT2D eigenvalue weighted by Crippen LogP contribution is -2.24. The highest BCUT2D eigenvalue weighted by Crippen LogP contribution is 2.15. The molecule has 0 N–H and O–H groups in total. The third-order valence-corrected chi connectivity index (χ3v) is 1.78. The van der Waals surface area contributed by atoms with Crippen LogP contribution < -0.4 is 0 Å². The minimum Gasteiger partial charge on any atom is -0.342 e. The summed E-state index contributed by atoms with van der Waals surface area (Å²) in [6.45, 7) is 3.29. The molecule has 1 fully saturated rings. The van der Waals surface area contributed by atoms with Crippen molar-refractivity contribution in [3.63, 3.8) is 0 Å². The van der Waals surface area contributed by atoms with Gasteiger partial charge >= 0.3 is 0 Å². The third-order valence-electron chi connectivity index (χ3n) is 1.78. The number of hydrogen-bond donors (Lipinski definition) is 0. The molecule has 0 aromatic rings. The van der Waals surface area contributed by atoms with Gasteiger partial charge < -0.3 is 4.90 Å². The Balaban J connectivity index is 2.54. The summed E-state index contributed by atoms with van der Waals surface area (Å²) >= 11 is 0. The largest absolute Gasteiger partial charge is 0.342 e. The Morgan fingerprint density at radius 1 is 1.90 bits per heavy atom. The molecule has 1 rings (SSSR count). The van der Waals surface area contributed by atoms with E-state index in [1.807, 2.05) is 6.92 Å². The van der Waals surface area contributed by atoms with E-state index in [0.29, 0.717) is 13.0 Å². The van der Waals surface area contributed by atoms with E-state index >= 15 is 0 Å². The molecule has 1 atom stereocenters. The van der Waals surface area contributed by atoms with Crippen molar-refractivity contribution >= 4 is 5.91 Å². The third kappa shape index (κ3) is 1.10. The second-order valence-electron chi connectivity index (χ2n) is 2.46. The predicted octanol–water partition coefficient (Wildman–Crippen LogP) is 0.378. The molecule has 0 saturated carbocycles. The van der Waals surface area contributed by atoms with Gasteiger partial charge in [-0.15, -0.1) is 0 Å². The smallest absolute Gasteiger partial charge is 0.223 e. The van der Waals surface area contributed by atoms with Crippen LogP contribution in [0.3, 0.4) is 0 Å². The second kappa shape index (κ2) is 2.70. The topological polar surface area (TPSA) is 44.1 Å². The zero-order valence-electron chi connectivity index (χ0n) is 6.00. The predicted molar refractivity (Wildman–Crippen MR) is 36.0 cm³/mol. The summed E-state index contributed by atoms with van der Waals surface area (Å²) in [5, 5.41) is 8.47. The van der Waals surface area contributed by atoms with Gasteiger partial charge in [-0.1, -0.05) is 0 Å². The summed E-state index contributed by atoms with van der Waals surface area (Å²) in [6.07, 6.45) is 0.421. The maximum absolute atomic E-state index is 10.9. The molecule has 0 aromatic heterocycles. The highest BCUT2D eigenvalue weighted by Gasteiger charge is 2.27. The Bertz CT molecular complexity index is 183. The van der Waals surface area contributed by atoms with Crippen LogP contribution in [0.5, 0.6) is 0 Å². The summed E-state index contributed by atoms with van der Waals surface area (Å²) in [5.74, 6) is 0.0569. The molecule has 0 spiro atoms. The highest BCUT2D eigenvalue weighted by molar-refractivity contribution is 5.79. The number of carbonyl (C=O) groups excluding carboxylic acids is 1. The zero-order chi connectivity index (χ0) is 7.56. The second-order valence-corrected chi connectivity index (χ2v) is 2.46. The van der Waals surface area contributed by atoms with Crippen molar-refractivity contribution in [1.82, 2.24) is 4.90 Å². The minimum atomic E-state index is -0.0625. The van der Waals surface area contributed by atoms with Crippen molar-refractivity contribution in [2.45, 2.75) is 13.3 Å². The van der Waals surface area contributed by atoms with Gasteiger partial charge in [0.15, 0.2) is 0 Å². The maximum atomic E-state index is 10.9. The number of rotatable bonds is 1. The van der Waals surface area contributed by atoms with Crippen molar-refractivity contribution < 1.29 is 4.79 Å². The van der Waals surface area contributed by atoms with Crippen LogP contribution in [0.25, 0.3) is 0 Å². The normalized spacial score (nSPS) is 25.0. The lowest BCUT2D eigenvalue weighted by atomic mass is 10.1. The van der Waals surface area contributed by atoms with Crippen molar-refractivity contribution in [1.29, 1.82) is 5.26 Å². The maximum Gasteiger partial charge on any atom is 0.223 e. The van der Waals surface area contributed by atoms with Gasteiger partial charge in [0.05, 0.1) is 12.0 Å². The van der Waals surface area contributed by atoms with E-state index in [1.54, 1.807) is 4.90 Å². The van der Waals surface area contributed by atoms with Gasteiger partial charge in [0.2, 0.25) is 5.91 Å². The molecule has 1 aliphatic rings. The van der Waals surface area contributed by atoms with E-state index in [9.17, 15) is 4.79 Å². The van der Waals surface area contributed by atoms with Gasteiger partial charge in [-0.25, -0.2) is 0 Å². The van der Waals surface area contributed by atoms with E-state index in [1.165, 1.54) is 0 Å². The lowest BCUT2D eigenvalue weighted by molar-refractivity contribution is -0.127. The first-order valence-electron chi connectivity index (χ1n) is 3.45. The molecule has 10 heavy (non-hydrogen) atoms. The average molecular weight is 138 g/mol. The van der Waals surface area contributed by atoms with Crippen LogP contribution in [0.4, 0.5) is 0 Å². The Morgan fingerprint density at radius 2 is 2.60 bits per heavy atom. The molecule has 54 valence electrons. The van der Waals surface area contributed by atoms with Crippen molar-refractivity contribution in [2.24, 2.45) is 5.92 Å². The molecule has 0 aliphatic carbocycles. The zero-order valence-corrected chi connectivity index (χ0v) is 6.00. The van der Waals surface area contributed by atoms with Crippen molar-refractivity contribution in [3.05, 3.63) is 0 Å². The van der Waals surface area contributed by atoms with E-state index in [0.717, 1.165) is 6.54 Å². The van der Waals surface area contributed by atoms with Gasteiger partial charge in [-0.2, -0.15) is 5.26 Å². The fourth-order valence-electron chi connectivity index (χ4n) is 1.16. The molecule has 1 saturated heterocycles. The Kier molecular flexibility index (Phi) is 1.91. The van der Waals surface area contributed by atoms with E-state index < -0.39 is 0 Å². The summed E-state index contributed by atoms with van der Waals surface area (Å²) in [4.78, 5) is 12.7. The summed E-state index contributed by atoms with van der Waals surface area (Å²) in [5.41, 5.74) is 0. The van der Waals surface area contributed by atoms with Crippen LogP contribution in [0.1, 0.15) is 13.3 Å². The fourth-order valence-corrected chi connectivity index (χ4v) is 1.16. The molecule has 0 unspecified atom stereocenters. The molecule has 1 heterocycles. The molecule has 3 nitrogen and oxygen atoms in total. The fraction of sp³-hybridized carbons (Fsp3) is 0.714. The van der Waals surface area contributed by atoms with E-state index in [4.69, 9.17) is 5.26 Å². The highest BCUT2D eigenvalue weighted by atomic mass is 16.2. The molecule has 3 heteroatoms.